The van der Waals surface area contributed by atoms with Crippen LogP contribution in [0.5, 0.6) is 0 Å². The van der Waals surface area contributed by atoms with Crippen LogP contribution >= 0.6 is 11.8 Å². The topological polar surface area (TPSA) is 89.8 Å². The SMILES string of the molecule is CC[C@H](Sc1nnnn1C)C(=O)Nc1ccc(C(C)=O)cc1. The Labute approximate surface area is 132 Å². The van der Waals surface area contributed by atoms with E-state index >= 15 is 0 Å². The summed E-state index contributed by atoms with van der Waals surface area (Å²) in [6.07, 6.45) is 0.648. The van der Waals surface area contributed by atoms with Gasteiger partial charge >= 0.3 is 0 Å². The number of hydrogen-bond donors (Lipinski definition) is 1. The molecule has 1 N–H and O–H groups in total. The van der Waals surface area contributed by atoms with Gasteiger partial charge < -0.3 is 5.32 Å². The van der Waals surface area contributed by atoms with Crippen molar-refractivity contribution >= 4 is 29.1 Å². The minimum Gasteiger partial charge on any atom is -0.325 e. The summed E-state index contributed by atoms with van der Waals surface area (Å²) in [6.45, 7) is 3.44. The number of aryl methyl sites for hydroxylation is 1. The number of hydrogen-bond acceptors (Lipinski definition) is 6. The summed E-state index contributed by atoms with van der Waals surface area (Å²) < 4.78 is 1.53. The number of carbonyl (C=O) groups excluding carboxylic acids is 2. The molecule has 1 amide bonds. The molecule has 1 heterocycles. The van der Waals surface area contributed by atoms with Gasteiger partial charge in [0.25, 0.3) is 0 Å². The second-order valence-electron chi connectivity index (χ2n) is 4.72. The van der Waals surface area contributed by atoms with E-state index in [2.05, 4.69) is 20.8 Å². The van der Waals surface area contributed by atoms with Gasteiger partial charge in [-0.25, -0.2) is 4.68 Å². The Morgan fingerprint density at radius 1 is 1.32 bits per heavy atom. The first-order valence-corrected chi connectivity index (χ1v) is 7.70. The number of aromatic nitrogens is 4. The molecule has 2 aromatic rings. The Hall–Kier alpha value is -2.22. The maximum absolute atomic E-state index is 12.3. The highest BCUT2D eigenvalue weighted by Crippen LogP contribution is 2.23. The Bertz CT molecular complexity index is 668. The fraction of sp³-hybridized carbons (Fsp3) is 0.357. The lowest BCUT2D eigenvalue weighted by Gasteiger charge is -2.13. The van der Waals surface area contributed by atoms with Gasteiger partial charge in [-0.15, -0.1) is 5.10 Å². The van der Waals surface area contributed by atoms with Gasteiger partial charge in [0.15, 0.2) is 5.78 Å². The number of nitrogens with zero attached hydrogens (tertiary/aromatic N) is 4. The van der Waals surface area contributed by atoms with Crippen LogP contribution in [0.25, 0.3) is 0 Å². The highest BCUT2D eigenvalue weighted by Gasteiger charge is 2.20. The third kappa shape index (κ3) is 3.91. The second-order valence-corrected chi connectivity index (χ2v) is 5.89. The molecule has 0 aliphatic rings. The molecule has 116 valence electrons. The van der Waals surface area contributed by atoms with Crippen LogP contribution in [-0.2, 0) is 11.8 Å². The number of anilines is 1. The Morgan fingerprint density at radius 2 is 2.00 bits per heavy atom. The number of nitrogens with one attached hydrogen (secondary N) is 1. The largest absolute Gasteiger partial charge is 0.325 e. The van der Waals surface area contributed by atoms with Crippen LogP contribution in [0.3, 0.4) is 0 Å². The van der Waals surface area contributed by atoms with Crippen molar-refractivity contribution in [1.29, 1.82) is 0 Å². The first kappa shape index (κ1) is 16.2. The number of rotatable bonds is 6. The normalized spacial score (nSPS) is 12.0. The summed E-state index contributed by atoms with van der Waals surface area (Å²) in [4.78, 5) is 23.6. The predicted octanol–water partition coefficient (Wildman–Crippen LogP) is 1.92. The summed E-state index contributed by atoms with van der Waals surface area (Å²) >= 11 is 1.32. The lowest BCUT2D eigenvalue weighted by Crippen LogP contribution is -2.25. The van der Waals surface area contributed by atoms with E-state index in [9.17, 15) is 9.59 Å². The first-order valence-electron chi connectivity index (χ1n) is 6.82. The van der Waals surface area contributed by atoms with Gasteiger partial charge in [-0.1, -0.05) is 18.7 Å². The fourth-order valence-electron chi connectivity index (χ4n) is 1.78. The van der Waals surface area contributed by atoms with Gasteiger partial charge in [-0.3, -0.25) is 9.59 Å². The third-order valence-corrected chi connectivity index (χ3v) is 4.44. The standard InChI is InChI=1S/C14H17N5O2S/c1-4-12(22-14-16-17-18-19(14)3)13(21)15-11-7-5-10(6-8-11)9(2)20/h5-8,12H,4H2,1-3H3,(H,15,21)/t12-/m0/s1. The number of tetrazole rings is 1. The molecule has 0 saturated carbocycles. The number of carbonyl (C=O) groups is 2. The lowest BCUT2D eigenvalue weighted by atomic mass is 10.1. The van der Waals surface area contributed by atoms with Gasteiger partial charge in [-0.2, -0.15) is 0 Å². The molecule has 7 nitrogen and oxygen atoms in total. The van der Waals surface area contributed by atoms with Crippen molar-refractivity contribution in [2.45, 2.75) is 30.7 Å². The summed E-state index contributed by atoms with van der Waals surface area (Å²) in [5, 5.41) is 14.3. The van der Waals surface area contributed by atoms with E-state index in [4.69, 9.17) is 0 Å². The van der Waals surface area contributed by atoms with Crippen molar-refractivity contribution in [3.8, 4) is 0 Å². The fourth-order valence-corrected chi connectivity index (χ4v) is 2.64. The van der Waals surface area contributed by atoms with E-state index < -0.39 is 0 Å². The smallest absolute Gasteiger partial charge is 0.237 e. The Balaban J connectivity index is 2.02. The molecule has 2 rings (SSSR count). The van der Waals surface area contributed by atoms with Crippen molar-refractivity contribution in [1.82, 2.24) is 20.2 Å². The lowest BCUT2D eigenvalue weighted by molar-refractivity contribution is -0.115. The van der Waals surface area contributed by atoms with E-state index in [-0.39, 0.29) is 16.9 Å². The quantitative estimate of drug-likeness (QED) is 0.646. The van der Waals surface area contributed by atoms with Gasteiger partial charge in [-0.05, 0) is 48.0 Å². The van der Waals surface area contributed by atoms with Crippen LogP contribution < -0.4 is 5.32 Å². The minimum absolute atomic E-state index is 0.00495. The molecule has 1 aromatic carbocycles. The van der Waals surface area contributed by atoms with E-state index in [1.165, 1.54) is 23.4 Å². The monoisotopic (exact) mass is 319 g/mol. The highest BCUT2D eigenvalue weighted by atomic mass is 32.2. The van der Waals surface area contributed by atoms with Crippen LogP contribution in [-0.4, -0.2) is 37.1 Å². The third-order valence-electron chi connectivity index (χ3n) is 3.05. The molecule has 0 unspecified atom stereocenters. The number of benzene rings is 1. The molecule has 0 saturated heterocycles. The van der Waals surface area contributed by atoms with Crippen LogP contribution in [0.4, 0.5) is 5.69 Å². The van der Waals surface area contributed by atoms with E-state index in [1.54, 1.807) is 31.3 Å². The summed E-state index contributed by atoms with van der Waals surface area (Å²) in [7, 11) is 1.73. The van der Waals surface area contributed by atoms with Crippen LogP contribution in [0.1, 0.15) is 30.6 Å². The van der Waals surface area contributed by atoms with E-state index in [0.29, 0.717) is 22.8 Å². The van der Waals surface area contributed by atoms with Crippen molar-refractivity contribution in [2.75, 3.05) is 5.32 Å². The zero-order valence-corrected chi connectivity index (χ0v) is 13.4. The average Bonchev–Trinajstić information content (AvgIpc) is 2.90. The van der Waals surface area contributed by atoms with Crippen LogP contribution in [0.2, 0.25) is 0 Å². The van der Waals surface area contributed by atoms with E-state index in [0.717, 1.165) is 0 Å². The molecule has 0 fully saturated rings. The van der Waals surface area contributed by atoms with Crippen LogP contribution in [0.15, 0.2) is 29.4 Å². The second kappa shape index (κ2) is 7.17. The predicted molar refractivity (Wildman–Crippen MR) is 83.8 cm³/mol. The summed E-state index contributed by atoms with van der Waals surface area (Å²) in [5.41, 5.74) is 1.27. The van der Waals surface area contributed by atoms with Gasteiger partial charge in [0, 0.05) is 18.3 Å². The molecular formula is C14H17N5O2S. The summed E-state index contributed by atoms with van der Waals surface area (Å²) in [5.74, 6) is -0.124. The number of ketones is 1. The van der Waals surface area contributed by atoms with Gasteiger partial charge in [0.05, 0.1) is 5.25 Å². The first-order chi connectivity index (χ1) is 10.5. The molecule has 0 bridgehead atoms. The number of amides is 1. The van der Waals surface area contributed by atoms with E-state index in [1.807, 2.05) is 6.92 Å². The molecule has 8 heteroatoms. The molecule has 0 aliphatic carbocycles. The number of Topliss-reactive ketones (excluding diaryl/α,β-unsaturated/α-hetero) is 1. The van der Waals surface area contributed by atoms with Crippen molar-refractivity contribution in [2.24, 2.45) is 7.05 Å². The Morgan fingerprint density at radius 3 is 2.50 bits per heavy atom. The molecule has 0 radical (unpaired) electrons. The maximum Gasteiger partial charge on any atom is 0.237 e. The molecule has 1 aromatic heterocycles. The zero-order chi connectivity index (χ0) is 16.1. The molecule has 22 heavy (non-hydrogen) atoms. The molecular weight excluding hydrogens is 302 g/mol. The molecule has 0 spiro atoms. The molecule has 1 atom stereocenters. The highest BCUT2D eigenvalue weighted by molar-refractivity contribution is 8.00. The average molecular weight is 319 g/mol. The number of thioether (sulfide) groups is 1. The van der Waals surface area contributed by atoms with Crippen molar-refractivity contribution < 1.29 is 9.59 Å². The summed E-state index contributed by atoms with van der Waals surface area (Å²) in [6, 6.07) is 6.82. The van der Waals surface area contributed by atoms with Crippen molar-refractivity contribution in [3.63, 3.8) is 0 Å². The molecule has 0 aliphatic heterocycles. The van der Waals surface area contributed by atoms with Crippen LogP contribution in [0, 0.1) is 0 Å². The Kier molecular flexibility index (Phi) is 5.26. The zero-order valence-electron chi connectivity index (χ0n) is 12.6. The van der Waals surface area contributed by atoms with Crippen molar-refractivity contribution in [3.05, 3.63) is 29.8 Å². The van der Waals surface area contributed by atoms with Gasteiger partial charge in [0.2, 0.25) is 11.1 Å². The van der Waals surface area contributed by atoms with Gasteiger partial charge in [0.1, 0.15) is 0 Å². The maximum atomic E-state index is 12.3. The minimum atomic E-state index is -0.294.